The highest BCUT2D eigenvalue weighted by Crippen LogP contribution is 2.23. The van der Waals surface area contributed by atoms with Crippen LogP contribution in [0.2, 0.25) is 0 Å². The number of ketones is 1. The Morgan fingerprint density at radius 2 is 1.66 bits per heavy atom. The first-order chi connectivity index (χ1) is 17.0. The van der Waals surface area contributed by atoms with Crippen LogP contribution in [0.4, 0.5) is 17.3 Å². The zero-order valence-electron chi connectivity index (χ0n) is 19.9. The lowest BCUT2D eigenvalue weighted by Gasteiger charge is -2.12. The lowest BCUT2D eigenvalue weighted by atomic mass is 9.93. The molecule has 176 valence electrons. The van der Waals surface area contributed by atoms with Crippen molar-refractivity contribution in [3.63, 3.8) is 0 Å². The molecule has 4 aromatic rings. The smallest absolute Gasteiger partial charge is 0.227 e. The Labute approximate surface area is 205 Å². The van der Waals surface area contributed by atoms with Crippen molar-refractivity contribution < 1.29 is 9.59 Å². The Balaban J connectivity index is 1.43. The number of nitrogens with one attached hydrogen (secondary N) is 2. The van der Waals surface area contributed by atoms with Gasteiger partial charge < -0.3 is 10.6 Å². The van der Waals surface area contributed by atoms with Crippen molar-refractivity contribution in [2.24, 2.45) is 5.92 Å². The quantitative estimate of drug-likeness (QED) is 0.284. The number of nitrogens with zero attached hydrogens (tertiary/aromatic N) is 2. The van der Waals surface area contributed by atoms with Gasteiger partial charge in [0.15, 0.2) is 5.78 Å². The van der Waals surface area contributed by atoms with Crippen molar-refractivity contribution in [1.29, 1.82) is 0 Å². The maximum absolute atomic E-state index is 13.0. The van der Waals surface area contributed by atoms with Gasteiger partial charge in [-0.05, 0) is 48.7 Å². The molecule has 1 heterocycles. The topological polar surface area (TPSA) is 84.0 Å². The van der Waals surface area contributed by atoms with Gasteiger partial charge in [-0.1, -0.05) is 61.5 Å². The van der Waals surface area contributed by atoms with E-state index in [0.717, 1.165) is 35.5 Å². The Bertz CT molecular complexity index is 1300. The molecule has 1 aromatic heterocycles. The Morgan fingerprint density at radius 3 is 2.40 bits per heavy atom. The molecule has 0 aliphatic carbocycles. The molecule has 1 unspecified atom stereocenters. The Hall–Kier alpha value is -4.32. The van der Waals surface area contributed by atoms with Gasteiger partial charge in [0, 0.05) is 41.5 Å². The van der Waals surface area contributed by atoms with E-state index >= 15 is 0 Å². The van der Waals surface area contributed by atoms with Crippen molar-refractivity contribution in [3.8, 4) is 11.3 Å². The molecule has 0 spiro atoms. The second-order valence-corrected chi connectivity index (χ2v) is 8.52. The number of hydrogen-bond donors (Lipinski definition) is 2. The highest BCUT2D eigenvalue weighted by Gasteiger charge is 2.16. The van der Waals surface area contributed by atoms with E-state index in [9.17, 15) is 9.59 Å². The molecule has 0 radical (unpaired) electrons. The van der Waals surface area contributed by atoms with Crippen molar-refractivity contribution in [2.75, 3.05) is 10.6 Å². The molecular formula is C29H28N4O2. The Morgan fingerprint density at radius 1 is 0.886 bits per heavy atom. The summed E-state index contributed by atoms with van der Waals surface area (Å²) in [5, 5.41) is 5.97. The van der Waals surface area contributed by atoms with E-state index in [0.29, 0.717) is 11.5 Å². The molecule has 0 saturated carbocycles. The van der Waals surface area contributed by atoms with E-state index in [4.69, 9.17) is 0 Å². The molecule has 0 fully saturated rings. The number of carbonyl (C=O) groups is 2. The minimum absolute atomic E-state index is 0.0782. The van der Waals surface area contributed by atoms with Crippen LogP contribution in [0.25, 0.3) is 11.3 Å². The summed E-state index contributed by atoms with van der Waals surface area (Å²) in [6.07, 6.45) is 3.36. The Kier molecular flexibility index (Phi) is 7.63. The fourth-order valence-electron chi connectivity index (χ4n) is 3.83. The number of carbonyl (C=O) groups excluding carboxylic acids is 2. The van der Waals surface area contributed by atoms with E-state index in [1.165, 1.54) is 12.5 Å². The van der Waals surface area contributed by atoms with Crippen LogP contribution in [0.1, 0.15) is 36.2 Å². The van der Waals surface area contributed by atoms with Gasteiger partial charge in [0.1, 0.15) is 0 Å². The summed E-state index contributed by atoms with van der Waals surface area (Å²) in [7, 11) is 0. The molecule has 0 aliphatic rings. The van der Waals surface area contributed by atoms with Crippen LogP contribution in [0.3, 0.4) is 0 Å². The summed E-state index contributed by atoms with van der Waals surface area (Å²) < 4.78 is 0. The minimum atomic E-state index is -0.113. The average molecular weight is 465 g/mol. The van der Waals surface area contributed by atoms with Crippen molar-refractivity contribution >= 4 is 29.0 Å². The fraction of sp³-hybridized carbons (Fsp3) is 0.172. The molecular weight excluding hydrogens is 436 g/mol. The van der Waals surface area contributed by atoms with Crippen LogP contribution in [0.5, 0.6) is 0 Å². The number of aryl methyl sites for hydroxylation is 1. The summed E-state index contributed by atoms with van der Waals surface area (Å²) in [6.45, 7) is 3.46. The van der Waals surface area contributed by atoms with Gasteiger partial charge in [0.05, 0.1) is 5.69 Å². The maximum atomic E-state index is 13.0. The van der Waals surface area contributed by atoms with Crippen molar-refractivity contribution in [3.05, 3.63) is 102 Å². The number of amides is 1. The zero-order valence-corrected chi connectivity index (χ0v) is 19.9. The van der Waals surface area contributed by atoms with Crippen LogP contribution in [0, 0.1) is 5.92 Å². The first kappa shape index (κ1) is 23.8. The molecule has 6 heteroatoms. The third kappa shape index (κ3) is 6.60. The SMILES string of the molecule is CC(=O)Nc1ccc(-c2ccnc(Nc3cccc(C(=O)C(C)CCc4ccccc4)c3)n2)cc1. The summed E-state index contributed by atoms with van der Waals surface area (Å²) in [6, 6.07) is 27.0. The molecule has 2 N–H and O–H groups in total. The normalized spacial score (nSPS) is 11.5. The van der Waals surface area contributed by atoms with Gasteiger partial charge in [-0.2, -0.15) is 0 Å². The summed E-state index contributed by atoms with van der Waals surface area (Å²) >= 11 is 0. The number of anilines is 3. The van der Waals surface area contributed by atoms with Crippen LogP contribution in [-0.4, -0.2) is 21.7 Å². The van der Waals surface area contributed by atoms with Gasteiger partial charge >= 0.3 is 0 Å². The van der Waals surface area contributed by atoms with Crippen LogP contribution >= 0.6 is 0 Å². The number of Topliss-reactive ketones (excluding diaryl/α,β-unsaturated/α-hetero) is 1. The standard InChI is InChI=1S/C29H28N4O2/c1-20(11-12-22-7-4-3-5-8-22)28(35)24-9-6-10-26(19-24)32-29-30-18-17-27(33-29)23-13-15-25(16-14-23)31-21(2)34/h3-10,13-20H,11-12H2,1-2H3,(H,31,34)(H,30,32,33). The summed E-state index contributed by atoms with van der Waals surface area (Å²) in [4.78, 5) is 33.2. The molecule has 1 amide bonds. The van der Waals surface area contributed by atoms with E-state index in [1.54, 1.807) is 6.20 Å². The van der Waals surface area contributed by atoms with E-state index in [1.807, 2.05) is 79.7 Å². The van der Waals surface area contributed by atoms with Gasteiger partial charge in [0.25, 0.3) is 0 Å². The molecule has 0 bridgehead atoms. The molecule has 35 heavy (non-hydrogen) atoms. The third-order valence-corrected chi connectivity index (χ3v) is 5.72. The molecule has 6 nitrogen and oxygen atoms in total. The molecule has 0 aliphatic heterocycles. The molecule has 4 rings (SSSR count). The number of benzene rings is 3. The van der Waals surface area contributed by atoms with Gasteiger partial charge in [0.2, 0.25) is 11.9 Å². The second kappa shape index (κ2) is 11.2. The average Bonchev–Trinajstić information content (AvgIpc) is 2.88. The second-order valence-electron chi connectivity index (χ2n) is 8.52. The first-order valence-corrected chi connectivity index (χ1v) is 11.6. The van der Waals surface area contributed by atoms with Gasteiger partial charge in [-0.3, -0.25) is 9.59 Å². The third-order valence-electron chi connectivity index (χ3n) is 5.72. The van der Waals surface area contributed by atoms with Crippen molar-refractivity contribution in [1.82, 2.24) is 9.97 Å². The first-order valence-electron chi connectivity index (χ1n) is 11.6. The maximum Gasteiger partial charge on any atom is 0.227 e. The van der Waals surface area contributed by atoms with Crippen molar-refractivity contribution in [2.45, 2.75) is 26.7 Å². The van der Waals surface area contributed by atoms with Gasteiger partial charge in [-0.15, -0.1) is 0 Å². The number of hydrogen-bond acceptors (Lipinski definition) is 5. The summed E-state index contributed by atoms with van der Waals surface area (Å²) in [5.41, 5.74) is 5.04. The lowest BCUT2D eigenvalue weighted by Crippen LogP contribution is -2.12. The number of aromatic nitrogens is 2. The highest BCUT2D eigenvalue weighted by atomic mass is 16.1. The summed E-state index contributed by atoms with van der Waals surface area (Å²) in [5.74, 6) is 0.372. The fourth-order valence-corrected chi connectivity index (χ4v) is 3.83. The van der Waals surface area contributed by atoms with Crippen LogP contribution < -0.4 is 10.6 Å². The highest BCUT2D eigenvalue weighted by molar-refractivity contribution is 5.98. The largest absolute Gasteiger partial charge is 0.326 e. The predicted molar refractivity (Wildman–Crippen MR) is 140 cm³/mol. The predicted octanol–water partition coefficient (Wildman–Crippen LogP) is 6.30. The zero-order chi connectivity index (χ0) is 24.6. The van der Waals surface area contributed by atoms with Crippen LogP contribution in [-0.2, 0) is 11.2 Å². The van der Waals surface area contributed by atoms with E-state index in [-0.39, 0.29) is 17.6 Å². The van der Waals surface area contributed by atoms with E-state index in [2.05, 4.69) is 32.7 Å². The molecule has 0 saturated heterocycles. The van der Waals surface area contributed by atoms with Gasteiger partial charge in [-0.25, -0.2) is 9.97 Å². The van der Waals surface area contributed by atoms with E-state index < -0.39 is 0 Å². The monoisotopic (exact) mass is 464 g/mol. The number of rotatable bonds is 9. The molecule has 1 atom stereocenters. The molecule has 3 aromatic carbocycles. The lowest BCUT2D eigenvalue weighted by molar-refractivity contribution is -0.114. The minimum Gasteiger partial charge on any atom is -0.326 e. The van der Waals surface area contributed by atoms with Crippen LogP contribution in [0.15, 0.2) is 91.1 Å².